The Morgan fingerprint density at radius 3 is 2.40 bits per heavy atom. The lowest BCUT2D eigenvalue weighted by atomic mass is 9.95. The van der Waals surface area contributed by atoms with Crippen LogP contribution in [0.1, 0.15) is 55.1 Å². The van der Waals surface area contributed by atoms with Crippen molar-refractivity contribution in [1.82, 2.24) is 0 Å². The zero-order valence-corrected chi connectivity index (χ0v) is 21.6. The van der Waals surface area contributed by atoms with Gasteiger partial charge in [0, 0.05) is 10.4 Å². The van der Waals surface area contributed by atoms with Gasteiger partial charge >= 0.3 is 5.97 Å². The summed E-state index contributed by atoms with van der Waals surface area (Å²) in [7, 11) is -2.21. The molecule has 0 fully saturated rings. The number of carbonyl (C=O) groups excluding carboxylic acids is 2. The topological polar surface area (TPSA) is 92.8 Å². The second-order valence-corrected chi connectivity index (χ2v) is 11.6. The van der Waals surface area contributed by atoms with Crippen LogP contribution in [-0.4, -0.2) is 33.7 Å². The Labute approximate surface area is 209 Å². The Morgan fingerprint density at radius 2 is 1.74 bits per heavy atom. The molecule has 9 heteroatoms. The molecule has 1 aromatic heterocycles. The molecule has 1 N–H and O–H groups in total. The smallest absolute Gasteiger partial charge is 0.341 e. The Balaban J connectivity index is 1.58. The third-order valence-electron chi connectivity index (χ3n) is 6.18. The van der Waals surface area contributed by atoms with E-state index in [9.17, 15) is 18.0 Å². The van der Waals surface area contributed by atoms with Gasteiger partial charge in [-0.25, -0.2) is 13.2 Å². The van der Waals surface area contributed by atoms with Crippen LogP contribution in [0.3, 0.4) is 0 Å². The van der Waals surface area contributed by atoms with Gasteiger partial charge in [0.25, 0.3) is 5.91 Å². The molecule has 0 unspecified atom stereocenters. The van der Waals surface area contributed by atoms with E-state index in [-0.39, 0.29) is 12.5 Å². The molecule has 0 saturated heterocycles. The number of aryl methyl sites for hydroxylation is 2. The van der Waals surface area contributed by atoms with E-state index < -0.39 is 16.0 Å². The maximum atomic E-state index is 13.0. The highest BCUT2D eigenvalue weighted by Crippen LogP contribution is 2.38. The maximum Gasteiger partial charge on any atom is 0.341 e. The first-order valence-corrected chi connectivity index (χ1v) is 14.0. The van der Waals surface area contributed by atoms with Gasteiger partial charge in [0.2, 0.25) is 10.0 Å². The van der Waals surface area contributed by atoms with E-state index in [4.69, 9.17) is 4.74 Å². The summed E-state index contributed by atoms with van der Waals surface area (Å²) in [6, 6.07) is 14.0. The second kappa shape index (κ2) is 10.2. The van der Waals surface area contributed by atoms with Crippen molar-refractivity contribution in [3.8, 4) is 0 Å². The van der Waals surface area contributed by atoms with Gasteiger partial charge in [-0.2, -0.15) is 0 Å². The third kappa shape index (κ3) is 5.41. The van der Waals surface area contributed by atoms with Crippen LogP contribution in [0.4, 0.5) is 10.7 Å². The van der Waals surface area contributed by atoms with Gasteiger partial charge in [-0.3, -0.25) is 9.10 Å². The molecule has 1 heterocycles. The number of sulfonamides is 1. The highest BCUT2D eigenvalue weighted by Gasteiger charge is 2.27. The molecular weight excluding hydrogens is 484 g/mol. The summed E-state index contributed by atoms with van der Waals surface area (Å²) in [4.78, 5) is 26.6. The number of thiophene rings is 1. The number of benzene rings is 2. The molecule has 35 heavy (non-hydrogen) atoms. The van der Waals surface area contributed by atoms with Crippen LogP contribution in [0, 0.1) is 6.92 Å². The molecular formula is C26H28N2O5S2. The van der Waals surface area contributed by atoms with Crippen molar-refractivity contribution in [1.29, 1.82) is 0 Å². The molecule has 0 aliphatic heterocycles. The van der Waals surface area contributed by atoms with Crippen LogP contribution >= 0.6 is 11.3 Å². The van der Waals surface area contributed by atoms with E-state index in [0.29, 0.717) is 21.8 Å². The summed E-state index contributed by atoms with van der Waals surface area (Å²) in [6.07, 6.45) is 4.91. The number of hydrogen-bond donors (Lipinski definition) is 1. The minimum absolute atomic E-state index is 0.195. The second-order valence-electron chi connectivity index (χ2n) is 8.60. The zero-order chi connectivity index (χ0) is 25.2. The quantitative estimate of drug-likeness (QED) is 0.453. The third-order valence-corrected chi connectivity index (χ3v) is 8.53. The molecule has 0 bridgehead atoms. The van der Waals surface area contributed by atoms with E-state index in [1.807, 2.05) is 31.2 Å². The van der Waals surface area contributed by atoms with Gasteiger partial charge in [-0.15, -0.1) is 11.3 Å². The summed E-state index contributed by atoms with van der Waals surface area (Å²) in [5.74, 6) is -0.819. The van der Waals surface area contributed by atoms with Crippen molar-refractivity contribution in [3.05, 3.63) is 81.2 Å². The SMILES string of the molecule is COC(=O)c1c(NC(=O)c2ccc(N(Cc3ccccc3C)S(C)(=O)=O)cc2)sc2c1CCCC2. The Kier molecular flexibility index (Phi) is 7.28. The van der Waals surface area contributed by atoms with Gasteiger partial charge < -0.3 is 10.1 Å². The maximum absolute atomic E-state index is 13.0. The molecule has 2 aromatic carbocycles. The number of amides is 1. The van der Waals surface area contributed by atoms with Crippen LogP contribution < -0.4 is 9.62 Å². The van der Waals surface area contributed by atoms with E-state index in [1.165, 1.54) is 29.0 Å². The lowest BCUT2D eigenvalue weighted by Crippen LogP contribution is -2.29. The number of ether oxygens (including phenoxy) is 1. The fraction of sp³-hybridized carbons (Fsp3) is 0.308. The number of anilines is 2. The normalized spacial score (nSPS) is 13.1. The number of fused-ring (bicyclic) bond motifs is 1. The summed E-state index contributed by atoms with van der Waals surface area (Å²) >= 11 is 1.42. The van der Waals surface area contributed by atoms with Crippen molar-refractivity contribution in [2.75, 3.05) is 23.0 Å². The van der Waals surface area contributed by atoms with Gasteiger partial charge in [-0.05, 0) is 73.6 Å². The summed E-state index contributed by atoms with van der Waals surface area (Å²) < 4.78 is 31.4. The molecule has 1 aliphatic carbocycles. The van der Waals surface area contributed by atoms with E-state index in [0.717, 1.165) is 47.3 Å². The lowest BCUT2D eigenvalue weighted by molar-refractivity contribution is 0.0601. The molecule has 0 radical (unpaired) electrons. The fourth-order valence-electron chi connectivity index (χ4n) is 4.27. The number of hydrogen-bond acceptors (Lipinski definition) is 6. The monoisotopic (exact) mass is 512 g/mol. The first kappa shape index (κ1) is 24.9. The van der Waals surface area contributed by atoms with Gasteiger partial charge in [0.1, 0.15) is 5.00 Å². The van der Waals surface area contributed by atoms with Crippen molar-refractivity contribution < 1.29 is 22.7 Å². The van der Waals surface area contributed by atoms with E-state index in [2.05, 4.69) is 5.32 Å². The standard InChI is InChI=1S/C26H28N2O5S2/c1-17-8-4-5-9-19(17)16-28(35(3,31)32)20-14-12-18(13-15-20)24(29)27-25-23(26(30)33-2)21-10-6-7-11-22(21)34-25/h4-5,8-9,12-15H,6-7,10-11,16H2,1-3H3,(H,27,29). The highest BCUT2D eigenvalue weighted by molar-refractivity contribution is 7.92. The molecule has 184 valence electrons. The van der Waals surface area contributed by atoms with Crippen LogP contribution in [0.5, 0.6) is 0 Å². The fourth-order valence-corrected chi connectivity index (χ4v) is 6.42. The summed E-state index contributed by atoms with van der Waals surface area (Å²) in [6.45, 7) is 2.13. The molecule has 0 saturated carbocycles. The number of rotatable bonds is 7. The molecule has 4 rings (SSSR count). The van der Waals surface area contributed by atoms with Crippen molar-refractivity contribution in [2.24, 2.45) is 0 Å². The van der Waals surface area contributed by atoms with Crippen molar-refractivity contribution in [2.45, 2.75) is 39.2 Å². The summed E-state index contributed by atoms with van der Waals surface area (Å²) in [5, 5.41) is 3.37. The predicted molar refractivity (Wildman–Crippen MR) is 139 cm³/mol. The molecule has 3 aromatic rings. The first-order chi connectivity index (χ1) is 16.7. The number of carbonyl (C=O) groups is 2. The van der Waals surface area contributed by atoms with Crippen molar-refractivity contribution >= 4 is 43.9 Å². The van der Waals surface area contributed by atoms with Gasteiger partial charge in [0.05, 0.1) is 31.2 Å². The van der Waals surface area contributed by atoms with E-state index >= 15 is 0 Å². The Hall–Kier alpha value is -3.17. The van der Waals surface area contributed by atoms with Gasteiger partial charge in [-0.1, -0.05) is 24.3 Å². The number of nitrogens with zero attached hydrogens (tertiary/aromatic N) is 1. The largest absolute Gasteiger partial charge is 0.465 e. The minimum atomic E-state index is -3.55. The molecule has 1 aliphatic rings. The molecule has 1 amide bonds. The molecule has 7 nitrogen and oxygen atoms in total. The van der Waals surface area contributed by atoms with Crippen LogP contribution in [0.15, 0.2) is 48.5 Å². The number of esters is 1. The zero-order valence-electron chi connectivity index (χ0n) is 20.0. The number of nitrogens with one attached hydrogen (secondary N) is 1. The number of methoxy groups -OCH3 is 1. The minimum Gasteiger partial charge on any atom is -0.465 e. The lowest BCUT2D eigenvalue weighted by Gasteiger charge is -2.23. The summed E-state index contributed by atoms with van der Waals surface area (Å²) in [5.41, 5.74) is 4.14. The molecule has 0 atom stereocenters. The average molecular weight is 513 g/mol. The van der Waals surface area contributed by atoms with Crippen LogP contribution in [0.25, 0.3) is 0 Å². The highest BCUT2D eigenvalue weighted by atomic mass is 32.2. The Bertz CT molecular complexity index is 1360. The van der Waals surface area contributed by atoms with E-state index in [1.54, 1.807) is 24.3 Å². The average Bonchev–Trinajstić information content (AvgIpc) is 3.20. The Morgan fingerprint density at radius 1 is 1.06 bits per heavy atom. The van der Waals surface area contributed by atoms with Crippen LogP contribution in [-0.2, 0) is 34.1 Å². The first-order valence-electron chi connectivity index (χ1n) is 11.4. The van der Waals surface area contributed by atoms with Gasteiger partial charge in [0.15, 0.2) is 0 Å². The van der Waals surface area contributed by atoms with Crippen LogP contribution in [0.2, 0.25) is 0 Å². The molecule has 0 spiro atoms. The predicted octanol–water partition coefficient (Wildman–Crippen LogP) is 4.94. The van der Waals surface area contributed by atoms with Crippen molar-refractivity contribution in [3.63, 3.8) is 0 Å².